The Balaban J connectivity index is 2.48. The lowest BCUT2D eigenvalue weighted by Gasteiger charge is -2.47. The molecule has 0 spiro atoms. The fourth-order valence-corrected chi connectivity index (χ4v) is 2.73. The van der Waals surface area contributed by atoms with Crippen molar-refractivity contribution in [3.05, 3.63) is 0 Å². The van der Waals surface area contributed by atoms with Gasteiger partial charge in [0.15, 0.2) is 0 Å². The minimum absolute atomic E-state index is 0.105. The Bertz CT molecular complexity index is 306. The van der Waals surface area contributed by atoms with Crippen LogP contribution in [-0.4, -0.2) is 22.8 Å². The Hall–Kier alpha value is -0.570. The Morgan fingerprint density at radius 1 is 1.20 bits per heavy atom. The molecule has 3 aliphatic rings. The van der Waals surface area contributed by atoms with Gasteiger partial charge in [-0.3, -0.25) is 4.79 Å². The molecule has 0 aromatic heterocycles. The summed E-state index contributed by atoms with van der Waals surface area (Å²) in [6.07, 6.45) is 1.76. The predicted molar refractivity (Wildman–Crippen MR) is 56.5 cm³/mol. The van der Waals surface area contributed by atoms with E-state index in [4.69, 9.17) is 9.47 Å². The smallest absolute Gasteiger partial charge is 0.312 e. The molecule has 3 aliphatic heterocycles. The monoisotopic (exact) mass is 212 g/mol. The highest BCUT2D eigenvalue weighted by atomic mass is 16.6. The normalized spacial score (nSPS) is 42.2. The number of fused-ring (bicyclic) bond motifs is 4. The van der Waals surface area contributed by atoms with Crippen LogP contribution in [0, 0.1) is 5.92 Å². The highest BCUT2D eigenvalue weighted by molar-refractivity contribution is 5.75. The number of ether oxygens (including phenoxy) is 2. The number of esters is 1. The van der Waals surface area contributed by atoms with Gasteiger partial charge in [0, 0.05) is 0 Å². The van der Waals surface area contributed by atoms with Gasteiger partial charge in [-0.05, 0) is 47.5 Å². The van der Waals surface area contributed by atoms with Gasteiger partial charge >= 0.3 is 5.97 Å². The van der Waals surface area contributed by atoms with Crippen LogP contribution in [0.4, 0.5) is 0 Å². The van der Waals surface area contributed by atoms with Crippen molar-refractivity contribution in [2.45, 2.75) is 64.3 Å². The molecule has 0 aliphatic carbocycles. The van der Waals surface area contributed by atoms with Gasteiger partial charge in [-0.25, -0.2) is 0 Å². The van der Waals surface area contributed by atoms with Crippen LogP contribution in [0.3, 0.4) is 0 Å². The molecule has 0 radical (unpaired) electrons. The third-order valence-electron chi connectivity index (χ3n) is 4.15. The molecule has 0 amide bonds. The first-order valence-corrected chi connectivity index (χ1v) is 5.61. The van der Waals surface area contributed by atoms with Crippen molar-refractivity contribution in [1.29, 1.82) is 0 Å². The zero-order valence-corrected chi connectivity index (χ0v) is 10.2. The van der Waals surface area contributed by atoms with Gasteiger partial charge in [-0.15, -0.1) is 0 Å². The van der Waals surface area contributed by atoms with E-state index in [0.717, 1.165) is 12.8 Å². The van der Waals surface area contributed by atoms with Crippen LogP contribution in [-0.2, 0) is 14.3 Å². The van der Waals surface area contributed by atoms with Crippen LogP contribution >= 0.6 is 0 Å². The molecule has 2 bridgehead atoms. The van der Waals surface area contributed by atoms with E-state index in [1.54, 1.807) is 0 Å². The van der Waals surface area contributed by atoms with Crippen LogP contribution in [0.5, 0.6) is 0 Å². The van der Waals surface area contributed by atoms with Gasteiger partial charge in [0.05, 0.1) is 11.5 Å². The van der Waals surface area contributed by atoms with Crippen molar-refractivity contribution in [2.75, 3.05) is 0 Å². The lowest BCUT2D eigenvalue weighted by molar-refractivity contribution is -0.221. The minimum atomic E-state index is -0.535. The number of hydrogen-bond donors (Lipinski definition) is 0. The van der Waals surface area contributed by atoms with Crippen LogP contribution < -0.4 is 0 Å². The summed E-state index contributed by atoms with van der Waals surface area (Å²) in [6.45, 7) is 9.89. The predicted octanol–water partition coefficient (Wildman–Crippen LogP) is 2.29. The van der Waals surface area contributed by atoms with Crippen LogP contribution in [0.15, 0.2) is 0 Å². The van der Waals surface area contributed by atoms with E-state index in [1.165, 1.54) is 0 Å². The molecule has 3 heterocycles. The van der Waals surface area contributed by atoms with Crippen molar-refractivity contribution < 1.29 is 14.3 Å². The first-order valence-electron chi connectivity index (χ1n) is 5.61. The molecular weight excluding hydrogens is 192 g/mol. The first-order chi connectivity index (χ1) is 6.68. The SMILES string of the molecule is CC1(C)O[C@]2(C)CC[C@@H]1C(=O)OC2(C)C. The quantitative estimate of drug-likeness (QED) is 0.578. The Morgan fingerprint density at radius 3 is 2.33 bits per heavy atom. The van der Waals surface area contributed by atoms with Crippen LogP contribution in [0.25, 0.3) is 0 Å². The van der Waals surface area contributed by atoms with Crippen molar-refractivity contribution in [1.82, 2.24) is 0 Å². The van der Waals surface area contributed by atoms with E-state index in [-0.39, 0.29) is 17.5 Å². The summed E-state index contributed by atoms with van der Waals surface area (Å²) in [4.78, 5) is 11.9. The molecule has 86 valence electrons. The summed E-state index contributed by atoms with van der Waals surface area (Å²) in [7, 11) is 0. The molecule has 0 aromatic carbocycles. The van der Waals surface area contributed by atoms with E-state index in [9.17, 15) is 4.79 Å². The van der Waals surface area contributed by atoms with E-state index in [2.05, 4.69) is 0 Å². The molecule has 3 heteroatoms. The van der Waals surface area contributed by atoms with E-state index in [0.29, 0.717) is 0 Å². The fourth-order valence-electron chi connectivity index (χ4n) is 2.73. The number of rotatable bonds is 0. The van der Waals surface area contributed by atoms with Gasteiger partial charge in [-0.2, -0.15) is 0 Å². The molecule has 2 atom stereocenters. The molecule has 3 saturated heterocycles. The second-order valence-corrected chi connectivity index (χ2v) is 5.96. The van der Waals surface area contributed by atoms with E-state index < -0.39 is 11.2 Å². The van der Waals surface area contributed by atoms with Gasteiger partial charge in [0.25, 0.3) is 0 Å². The average Bonchev–Trinajstić information content (AvgIpc) is 2.09. The van der Waals surface area contributed by atoms with Gasteiger partial charge in [-0.1, -0.05) is 0 Å². The molecule has 0 unspecified atom stereocenters. The first kappa shape index (κ1) is 10.9. The number of carbonyl (C=O) groups excluding carboxylic acids is 1. The standard InChI is InChI=1S/C12H20O3/c1-10(2)8-6-7-12(5,15-10)11(3,4)14-9(8)13/h8H,6-7H2,1-5H3/t8-,12-/m1/s1. The zero-order valence-electron chi connectivity index (χ0n) is 10.2. The lowest BCUT2D eigenvalue weighted by Crippen LogP contribution is -2.55. The topological polar surface area (TPSA) is 35.5 Å². The number of carbonyl (C=O) groups is 1. The van der Waals surface area contributed by atoms with Crippen LogP contribution in [0.1, 0.15) is 47.5 Å². The average molecular weight is 212 g/mol. The summed E-state index contributed by atoms with van der Waals surface area (Å²) < 4.78 is 11.7. The highest BCUT2D eigenvalue weighted by Gasteiger charge is 2.59. The molecule has 3 fully saturated rings. The molecule has 3 nitrogen and oxygen atoms in total. The van der Waals surface area contributed by atoms with Gasteiger partial charge in [0.2, 0.25) is 0 Å². The van der Waals surface area contributed by atoms with Crippen molar-refractivity contribution in [3.63, 3.8) is 0 Å². The lowest BCUT2D eigenvalue weighted by atomic mass is 9.75. The largest absolute Gasteiger partial charge is 0.456 e. The minimum Gasteiger partial charge on any atom is -0.456 e. The zero-order chi connectivity index (χ0) is 11.5. The molecule has 15 heavy (non-hydrogen) atoms. The summed E-state index contributed by atoms with van der Waals surface area (Å²) in [5.74, 6) is -0.224. The molecule has 0 N–H and O–H groups in total. The fraction of sp³-hybridized carbons (Fsp3) is 0.917. The Labute approximate surface area is 91.1 Å². The molecule has 3 rings (SSSR count). The molecule has 0 aromatic rings. The van der Waals surface area contributed by atoms with Crippen molar-refractivity contribution >= 4 is 5.97 Å². The molecule has 0 saturated carbocycles. The maximum atomic E-state index is 11.9. The third-order valence-corrected chi connectivity index (χ3v) is 4.15. The number of hydrogen-bond acceptors (Lipinski definition) is 3. The van der Waals surface area contributed by atoms with E-state index >= 15 is 0 Å². The van der Waals surface area contributed by atoms with Gasteiger partial charge < -0.3 is 9.47 Å². The van der Waals surface area contributed by atoms with Crippen molar-refractivity contribution in [3.8, 4) is 0 Å². The Kier molecular flexibility index (Phi) is 2.01. The third kappa shape index (κ3) is 1.40. The van der Waals surface area contributed by atoms with Gasteiger partial charge in [0.1, 0.15) is 11.2 Å². The maximum Gasteiger partial charge on any atom is 0.312 e. The van der Waals surface area contributed by atoms with Crippen molar-refractivity contribution in [2.24, 2.45) is 5.92 Å². The highest BCUT2D eigenvalue weighted by Crippen LogP contribution is 2.49. The second-order valence-electron chi connectivity index (χ2n) is 5.96. The summed E-state index contributed by atoms with van der Waals surface area (Å²) in [6, 6.07) is 0. The molecular formula is C12H20O3. The van der Waals surface area contributed by atoms with Crippen LogP contribution in [0.2, 0.25) is 0 Å². The van der Waals surface area contributed by atoms with E-state index in [1.807, 2.05) is 34.6 Å². The summed E-state index contributed by atoms with van der Waals surface area (Å²) in [5.41, 5.74) is -1.30. The summed E-state index contributed by atoms with van der Waals surface area (Å²) >= 11 is 0. The maximum absolute atomic E-state index is 11.9. The summed E-state index contributed by atoms with van der Waals surface area (Å²) in [5, 5.41) is 0. The second kappa shape index (κ2) is 2.76. The Morgan fingerprint density at radius 2 is 1.80 bits per heavy atom.